The van der Waals surface area contributed by atoms with E-state index in [4.69, 9.17) is 0 Å². The van der Waals surface area contributed by atoms with E-state index in [9.17, 15) is 9.59 Å². The molecule has 4 rings (SSSR count). The Morgan fingerprint density at radius 1 is 1.04 bits per heavy atom. The summed E-state index contributed by atoms with van der Waals surface area (Å²) in [5.41, 5.74) is 2.38. The predicted octanol–water partition coefficient (Wildman–Crippen LogP) is 3.83. The quantitative estimate of drug-likeness (QED) is 0.752. The SMILES string of the molecule is CC(C)(C)C1c2ccc3ccccc3c2C=C2C(=O)NC(=O)N21. The molecule has 3 amide bonds. The molecule has 0 spiro atoms. The van der Waals surface area contributed by atoms with Gasteiger partial charge < -0.3 is 0 Å². The Kier molecular flexibility index (Phi) is 2.71. The molecule has 2 heterocycles. The number of amides is 3. The number of rotatable bonds is 0. The Labute approximate surface area is 134 Å². The number of hydrogen-bond acceptors (Lipinski definition) is 2. The highest BCUT2D eigenvalue weighted by Crippen LogP contribution is 2.47. The third-order valence-electron chi connectivity index (χ3n) is 4.59. The second-order valence-corrected chi connectivity index (χ2v) is 7.22. The molecule has 0 aromatic heterocycles. The second-order valence-electron chi connectivity index (χ2n) is 7.22. The highest BCUT2D eigenvalue weighted by atomic mass is 16.2. The highest BCUT2D eigenvalue weighted by Gasteiger charge is 2.46. The first-order valence-electron chi connectivity index (χ1n) is 7.76. The number of nitrogens with one attached hydrogen (secondary N) is 1. The molecule has 0 bridgehead atoms. The fourth-order valence-corrected chi connectivity index (χ4v) is 3.67. The number of urea groups is 1. The fourth-order valence-electron chi connectivity index (χ4n) is 3.67. The molecule has 2 aromatic rings. The van der Waals surface area contributed by atoms with Crippen LogP contribution in [-0.2, 0) is 4.79 Å². The Balaban J connectivity index is 2.08. The summed E-state index contributed by atoms with van der Waals surface area (Å²) < 4.78 is 0. The normalized spacial score (nSPS) is 20.2. The monoisotopic (exact) mass is 306 g/mol. The lowest BCUT2D eigenvalue weighted by molar-refractivity contribution is -0.116. The number of carbonyl (C=O) groups is 2. The van der Waals surface area contributed by atoms with Gasteiger partial charge >= 0.3 is 6.03 Å². The summed E-state index contributed by atoms with van der Waals surface area (Å²) in [6.45, 7) is 6.28. The summed E-state index contributed by atoms with van der Waals surface area (Å²) in [4.78, 5) is 26.1. The van der Waals surface area contributed by atoms with Crippen molar-refractivity contribution in [1.29, 1.82) is 0 Å². The summed E-state index contributed by atoms with van der Waals surface area (Å²) in [6.07, 6.45) is 1.85. The second kappa shape index (κ2) is 4.44. The molecule has 23 heavy (non-hydrogen) atoms. The first-order chi connectivity index (χ1) is 10.9. The Bertz CT molecular complexity index is 890. The van der Waals surface area contributed by atoms with Crippen molar-refractivity contribution in [2.24, 2.45) is 5.41 Å². The molecular formula is C19H18N2O2. The Morgan fingerprint density at radius 2 is 1.78 bits per heavy atom. The lowest BCUT2D eigenvalue weighted by Gasteiger charge is -2.41. The van der Waals surface area contributed by atoms with E-state index in [1.54, 1.807) is 4.90 Å². The van der Waals surface area contributed by atoms with Crippen LogP contribution in [-0.4, -0.2) is 16.8 Å². The van der Waals surface area contributed by atoms with Crippen LogP contribution in [0.3, 0.4) is 0 Å². The minimum Gasteiger partial charge on any atom is -0.281 e. The van der Waals surface area contributed by atoms with E-state index in [1.807, 2.05) is 18.2 Å². The molecule has 1 atom stereocenters. The van der Waals surface area contributed by atoms with Crippen LogP contribution in [0.25, 0.3) is 16.8 Å². The number of nitrogens with zero attached hydrogens (tertiary/aromatic N) is 1. The lowest BCUT2D eigenvalue weighted by atomic mass is 9.77. The van der Waals surface area contributed by atoms with Crippen LogP contribution in [0.4, 0.5) is 4.79 Å². The Morgan fingerprint density at radius 3 is 2.52 bits per heavy atom. The molecule has 4 nitrogen and oxygen atoms in total. The molecule has 116 valence electrons. The molecule has 0 aliphatic carbocycles. The molecule has 0 radical (unpaired) electrons. The van der Waals surface area contributed by atoms with E-state index in [-0.39, 0.29) is 23.4 Å². The number of carbonyl (C=O) groups excluding carboxylic acids is 2. The van der Waals surface area contributed by atoms with E-state index in [1.165, 1.54) is 0 Å². The van der Waals surface area contributed by atoms with Gasteiger partial charge in [-0.15, -0.1) is 0 Å². The van der Waals surface area contributed by atoms with Gasteiger partial charge in [0.15, 0.2) is 0 Å². The largest absolute Gasteiger partial charge is 0.329 e. The van der Waals surface area contributed by atoms with Crippen LogP contribution in [0, 0.1) is 5.41 Å². The van der Waals surface area contributed by atoms with Crippen molar-refractivity contribution < 1.29 is 9.59 Å². The molecule has 1 N–H and O–H groups in total. The maximum atomic E-state index is 12.3. The molecule has 2 aliphatic rings. The number of benzene rings is 2. The first-order valence-corrected chi connectivity index (χ1v) is 7.76. The van der Waals surface area contributed by atoms with Gasteiger partial charge in [0.2, 0.25) is 0 Å². The summed E-state index contributed by atoms with van der Waals surface area (Å²) in [5.74, 6) is -0.317. The third-order valence-corrected chi connectivity index (χ3v) is 4.59. The standard InChI is InChI=1S/C19H18N2O2/c1-19(2,3)16-13-9-8-11-6-4-5-7-12(11)14(13)10-15-17(22)20-18(23)21(15)16/h4-10,16H,1-3H3,(H,20,22,23). The highest BCUT2D eigenvalue weighted by molar-refractivity contribution is 6.15. The Hall–Kier alpha value is -2.62. The topological polar surface area (TPSA) is 49.4 Å². The van der Waals surface area contributed by atoms with Crippen LogP contribution in [0.2, 0.25) is 0 Å². The van der Waals surface area contributed by atoms with E-state index in [2.05, 4.69) is 50.4 Å². The zero-order valence-electron chi connectivity index (χ0n) is 13.4. The molecular weight excluding hydrogens is 288 g/mol. The average Bonchev–Trinajstić information content (AvgIpc) is 2.78. The first kappa shape index (κ1) is 14.0. The van der Waals surface area contributed by atoms with Crippen LogP contribution in [0.5, 0.6) is 0 Å². The fraction of sp³-hybridized carbons (Fsp3) is 0.263. The van der Waals surface area contributed by atoms with Crippen molar-refractivity contribution in [3.63, 3.8) is 0 Å². The van der Waals surface area contributed by atoms with Gasteiger partial charge in [0, 0.05) is 0 Å². The van der Waals surface area contributed by atoms with Gasteiger partial charge in [-0.2, -0.15) is 0 Å². The van der Waals surface area contributed by atoms with E-state index < -0.39 is 0 Å². The molecule has 2 aromatic carbocycles. The van der Waals surface area contributed by atoms with Gasteiger partial charge in [0.05, 0.1) is 6.04 Å². The van der Waals surface area contributed by atoms with E-state index in [0.29, 0.717) is 5.70 Å². The predicted molar refractivity (Wildman–Crippen MR) is 89.5 cm³/mol. The van der Waals surface area contributed by atoms with E-state index in [0.717, 1.165) is 21.9 Å². The average molecular weight is 306 g/mol. The van der Waals surface area contributed by atoms with Gasteiger partial charge in [-0.3, -0.25) is 15.0 Å². The molecule has 1 fully saturated rings. The van der Waals surface area contributed by atoms with Crippen molar-refractivity contribution in [3.8, 4) is 0 Å². The van der Waals surface area contributed by atoms with Crippen LogP contribution >= 0.6 is 0 Å². The maximum absolute atomic E-state index is 12.3. The van der Waals surface area contributed by atoms with Gasteiger partial charge in [0.1, 0.15) is 5.70 Å². The molecule has 2 aliphatic heterocycles. The van der Waals surface area contributed by atoms with Crippen LogP contribution in [0.15, 0.2) is 42.1 Å². The summed E-state index contributed by atoms with van der Waals surface area (Å²) in [5, 5.41) is 4.67. The number of fused-ring (bicyclic) bond motifs is 4. The number of hydrogen-bond donors (Lipinski definition) is 1. The van der Waals surface area contributed by atoms with Gasteiger partial charge in [-0.25, -0.2) is 4.79 Å². The summed E-state index contributed by atoms with van der Waals surface area (Å²) in [7, 11) is 0. The molecule has 1 unspecified atom stereocenters. The van der Waals surface area contributed by atoms with Crippen molar-refractivity contribution in [2.45, 2.75) is 26.8 Å². The van der Waals surface area contributed by atoms with Gasteiger partial charge in [-0.05, 0) is 33.4 Å². The van der Waals surface area contributed by atoms with Gasteiger partial charge in [0.25, 0.3) is 5.91 Å². The van der Waals surface area contributed by atoms with Crippen molar-refractivity contribution in [3.05, 3.63) is 53.2 Å². The molecule has 0 saturated carbocycles. The van der Waals surface area contributed by atoms with Crippen molar-refractivity contribution in [1.82, 2.24) is 10.2 Å². The summed E-state index contributed by atoms with van der Waals surface area (Å²) in [6, 6.07) is 11.8. The zero-order valence-corrected chi connectivity index (χ0v) is 13.4. The van der Waals surface area contributed by atoms with Crippen LogP contribution < -0.4 is 5.32 Å². The third kappa shape index (κ3) is 1.91. The number of imide groups is 1. The lowest BCUT2D eigenvalue weighted by Crippen LogP contribution is -2.40. The smallest absolute Gasteiger partial charge is 0.281 e. The van der Waals surface area contributed by atoms with Crippen LogP contribution in [0.1, 0.15) is 37.9 Å². The zero-order chi connectivity index (χ0) is 16.4. The molecule has 4 heteroatoms. The van der Waals surface area contributed by atoms with Crippen molar-refractivity contribution >= 4 is 28.8 Å². The van der Waals surface area contributed by atoms with E-state index >= 15 is 0 Å². The van der Waals surface area contributed by atoms with Gasteiger partial charge in [-0.1, -0.05) is 57.2 Å². The maximum Gasteiger partial charge on any atom is 0.329 e. The minimum atomic E-state index is -0.333. The summed E-state index contributed by atoms with van der Waals surface area (Å²) >= 11 is 0. The molecule has 1 saturated heterocycles. The minimum absolute atomic E-state index is 0.173. The van der Waals surface area contributed by atoms with Crippen molar-refractivity contribution in [2.75, 3.05) is 0 Å².